The van der Waals surface area contributed by atoms with Gasteiger partial charge in [0.25, 0.3) is 5.91 Å². The molecule has 0 spiro atoms. The fourth-order valence-electron chi connectivity index (χ4n) is 1.63. The van der Waals surface area contributed by atoms with E-state index in [9.17, 15) is 4.79 Å². The lowest BCUT2D eigenvalue weighted by molar-refractivity contribution is 0.0737. The Bertz CT molecular complexity index is 481. The van der Waals surface area contributed by atoms with E-state index < -0.39 is 0 Å². The van der Waals surface area contributed by atoms with Gasteiger partial charge in [0.1, 0.15) is 5.69 Å². The molecule has 4 heteroatoms. The average Bonchev–Trinajstić information content (AvgIpc) is 2.91. The summed E-state index contributed by atoms with van der Waals surface area (Å²) in [6.45, 7) is 2.01. The Labute approximate surface area is 105 Å². The van der Waals surface area contributed by atoms with E-state index in [0.29, 0.717) is 5.69 Å². The van der Waals surface area contributed by atoms with E-state index in [-0.39, 0.29) is 11.9 Å². The summed E-state index contributed by atoms with van der Waals surface area (Å²) in [5, 5.41) is 1.77. The first-order valence-electron chi connectivity index (χ1n) is 5.40. The van der Waals surface area contributed by atoms with E-state index in [1.54, 1.807) is 22.8 Å². The summed E-state index contributed by atoms with van der Waals surface area (Å²) in [5.41, 5.74) is 3.31. The van der Waals surface area contributed by atoms with Crippen molar-refractivity contribution in [3.8, 4) is 0 Å². The summed E-state index contributed by atoms with van der Waals surface area (Å²) >= 11 is 1.43. The topological polar surface area (TPSA) is 33.2 Å². The van der Waals surface area contributed by atoms with Crippen LogP contribution in [0.4, 0.5) is 0 Å². The van der Waals surface area contributed by atoms with Gasteiger partial charge in [0, 0.05) is 12.4 Å². The number of carbonyl (C=O) groups excluding carboxylic acids is 1. The first-order valence-corrected chi connectivity index (χ1v) is 6.34. The van der Waals surface area contributed by atoms with Gasteiger partial charge in [-0.1, -0.05) is 30.3 Å². The SMILES string of the molecule is CC(c1ccccc1)N(C)C(=O)c1cscn1. The van der Waals surface area contributed by atoms with Gasteiger partial charge < -0.3 is 4.90 Å². The van der Waals surface area contributed by atoms with Crippen LogP contribution in [0.5, 0.6) is 0 Å². The second-order valence-corrected chi connectivity index (χ2v) is 4.60. The predicted molar refractivity (Wildman–Crippen MR) is 69.1 cm³/mol. The van der Waals surface area contributed by atoms with Crippen LogP contribution in [0, 0.1) is 0 Å². The summed E-state index contributed by atoms with van der Waals surface area (Å²) in [6, 6.07) is 10.0. The summed E-state index contributed by atoms with van der Waals surface area (Å²) in [5.74, 6) is -0.0393. The van der Waals surface area contributed by atoms with E-state index in [1.807, 2.05) is 37.3 Å². The summed E-state index contributed by atoms with van der Waals surface area (Å²) in [4.78, 5) is 17.8. The Hall–Kier alpha value is -1.68. The molecule has 0 aliphatic carbocycles. The summed E-state index contributed by atoms with van der Waals surface area (Å²) < 4.78 is 0. The number of carbonyl (C=O) groups is 1. The lowest BCUT2D eigenvalue weighted by atomic mass is 10.1. The highest BCUT2D eigenvalue weighted by Crippen LogP contribution is 2.20. The minimum absolute atomic E-state index is 0.0393. The molecule has 1 heterocycles. The zero-order chi connectivity index (χ0) is 12.3. The van der Waals surface area contributed by atoms with Crippen LogP contribution >= 0.6 is 11.3 Å². The van der Waals surface area contributed by atoms with Gasteiger partial charge in [-0.25, -0.2) is 4.98 Å². The molecule has 0 bridgehead atoms. The number of nitrogens with zero attached hydrogens (tertiary/aromatic N) is 2. The molecule has 0 aliphatic heterocycles. The van der Waals surface area contributed by atoms with Crippen molar-refractivity contribution in [1.29, 1.82) is 0 Å². The molecule has 1 atom stereocenters. The highest BCUT2D eigenvalue weighted by molar-refractivity contribution is 7.07. The molecule has 1 unspecified atom stereocenters. The van der Waals surface area contributed by atoms with Crippen molar-refractivity contribution in [1.82, 2.24) is 9.88 Å². The van der Waals surface area contributed by atoms with Gasteiger partial charge in [-0.2, -0.15) is 0 Å². The Kier molecular flexibility index (Phi) is 3.54. The number of hydrogen-bond acceptors (Lipinski definition) is 3. The summed E-state index contributed by atoms with van der Waals surface area (Å²) in [7, 11) is 1.80. The molecule has 0 saturated carbocycles. The third kappa shape index (κ3) is 2.53. The fraction of sp³-hybridized carbons (Fsp3) is 0.231. The molecule has 0 radical (unpaired) electrons. The molecule has 17 heavy (non-hydrogen) atoms. The van der Waals surface area contributed by atoms with Crippen LogP contribution in [-0.4, -0.2) is 22.8 Å². The van der Waals surface area contributed by atoms with Gasteiger partial charge in [-0.3, -0.25) is 4.79 Å². The van der Waals surface area contributed by atoms with Gasteiger partial charge in [0.05, 0.1) is 11.6 Å². The molecule has 88 valence electrons. The van der Waals surface area contributed by atoms with Crippen LogP contribution in [0.15, 0.2) is 41.2 Å². The molecule has 1 aromatic carbocycles. The minimum Gasteiger partial charge on any atom is -0.334 e. The lowest BCUT2D eigenvalue weighted by Crippen LogP contribution is -2.29. The predicted octanol–water partition coefficient (Wildman–Crippen LogP) is 2.98. The monoisotopic (exact) mass is 246 g/mol. The van der Waals surface area contributed by atoms with Crippen LogP contribution in [0.3, 0.4) is 0 Å². The molecule has 3 nitrogen and oxygen atoms in total. The van der Waals surface area contributed by atoms with E-state index in [2.05, 4.69) is 4.98 Å². The molecule has 0 saturated heterocycles. The van der Waals surface area contributed by atoms with E-state index >= 15 is 0 Å². The third-order valence-electron chi connectivity index (χ3n) is 2.83. The Morgan fingerprint density at radius 3 is 2.65 bits per heavy atom. The molecule has 1 aromatic heterocycles. The van der Waals surface area contributed by atoms with Crippen LogP contribution < -0.4 is 0 Å². The molecule has 2 aromatic rings. The second kappa shape index (κ2) is 5.10. The van der Waals surface area contributed by atoms with Crippen LogP contribution in [-0.2, 0) is 0 Å². The van der Waals surface area contributed by atoms with Crippen molar-refractivity contribution < 1.29 is 4.79 Å². The Morgan fingerprint density at radius 2 is 2.06 bits per heavy atom. The quantitative estimate of drug-likeness (QED) is 0.834. The van der Waals surface area contributed by atoms with Crippen molar-refractivity contribution in [2.75, 3.05) is 7.05 Å². The fourth-order valence-corrected chi connectivity index (χ4v) is 2.16. The van der Waals surface area contributed by atoms with Crippen LogP contribution in [0.25, 0.3) is 0 Å². The number of benzene rings is 1. The van der Waals surface area contributed by atoms with Gasteiger partial charge in [0.15, 0.2) is 0 Å². The average molecular weight is 246 g/mol. The molecule has 1 amide bonds. The zero-order valence-corrected chi connectivity index (χ0v) is 10.6. The van der Waals surface area contributed by atoms with Crippen molar-refractivity contribution in [2.24, 2.45) is 0 Å². The van der Waals surface area contributed by atoms with E-state index in [1.165, 1.54) is 11.3 Å². The first-order chi connectivity index (χ1) is 8.20. The maximum atomic E-state index is 12.1. The number of rotatable bonds is 3. The number of thiazole rings is 1. The zero-order valence-electron chi connectivity index (χ0n) is 9.83. The smallest absolute Gasteiger partial charge is 0.273 e. The summed E-state index contributed by atoms with van der Waals surface area (Å²) in [6.07, 6.45) is 0. The first kappa shape index (κ1) is 11.8. The Morgan fingerprint density at radius 1 is 1.35 bits per heavy atom. The van der Waals surface area contributed by atoms with Crippen LogP contribution in [0.1, 0.15) is 29.0 Å². The highest BCUT2D eigenvalue weighted by Gasteiger charge is 2.19. The maximum Gasteiger partial charge on any atom is 0.273 e. The highest BCUT2D eigenvalue weighted by atomic mass is 32.1. The minimum atomic E-state index is -0.0393. The van der Waals surface area contributed by atoms with Crippen molar-refractivity contribution in [2.45, 2.75) is 13.0 Å². The standard InChI is InChI=1S/C13H14N2OS/c1-10(11-6-4-3-5-7-11)15(2)13(16)12-8-17-9-14-12/h3-10H,1-2H3. The molecular weight excluding hydrogens is 232 g/mol. The maximum absolute atomic E-state index is 12.1. The van der Waals surface area contributed by atoms with Crippen molar-refractivity contribution in [3.05, 3.63) is 52.5 Å². The van der Waals surface area contributed by atoms with Crippen LogP contribution in [0.2, 0.25) is 0 Å². The van der Waals surface area contributed by atoms with Crippen molar-refractivity contribution in [3.63, 3.8) is 0 Å². The molecule has 0 aliphatic rings. The number of amides is 1. The number of aromatic nitrogens is 1. The normalized spacial score (nSPS) is 12.1. The number of hydrogen-bond donors (Lipinski definition) is 0. The lowest BCUT2D eigenvalue weighted by Gasteiger charge is -2.24. The van der Waals surface area contributed by atoms with Crippen molar-refractivity contribution >= 4 is 17.2 Å². The van der Waals surface area contributed by atoms with E-state index in [4.69, 9.17) is 0 Å². The van der Waals surface area contributed by atoms with Gasteiger partial charge in [-0.15, -0.1) is 11.3 Å². The van der Waals surface area contributed by atoms with Gasteiger partial charge in [0.2, 0.25) is 0 Å². The molecule has 2 rings (SSSR count). The largest absolute Gasteiger partial charge is 0.334 e. The second-order valence-electron chi connectivity index (χ2n) is 3.88. The van der Waals surface area contributed by atoms with Gasteiger partial charge >= 0.3 is 0 Å². The van der Waals surface area contributed by atoms with Gasteiger partial charge in [-0.05, 0) is 12.5 Å². The molecule has 0 N–H and O–H groups in total. The molecule has 0 fully saturated rings. The Balaban J connectivity index is 2.15. The third-order valence-corrected chi connectivity index (χ3v) is 3.42. The molecular formula is C13H14N2OS. The van der Waals surface area contributed by atoms with E-state index in [0.717, 1.165) is 5.56 Å².